The Morgan fingerprint density at radius 3 is 2.26 bits per heavy atom. The minimum atomic E-state index is -0.449. The maximum Gasteiger partial charge on any atom is 0.254 e. The van der Waals surface area contributed by atoms with Gasteiger partial charge in [0, 0.05) is 38.3 Å². The van der Waals surface area contributed by atoms with Gasteiger partial charge in [-0.1, -0.05) is 54.6 Å². The summed E-state index contributed by atoms with van der Waals surface area (Å²) in [5.74, 6) is -0.643. The summed E-state index contributed by atoms with van der Waals surface area (Å²) in [5, 5.41) is 0. The summed E-state index contributed by atoms with van der Waals surface area (Å²) in [5.41, 5.74) is 4.29. The summed E-state index contributed by atoms with van der Waals surface area (Å²) >= 11 is 0. The van der Waals surface area contributed by atoms with E-state index in [0.717, 1.165) is 17.5 Å². The number of hydrogen-bond acceptors (Lipinski definition) is 3. The van der Waals surface area contributed by atoms with Crippen molar-refractivity contribution in [3.8, 4) is 0 Å². The zero-order chi connectivity index (χ0) is 23.2. The minimum absolute atomic E-state index is 0.00326. The lowest BCUT2D eigenvalue weighted by Gasteiger charge is -2.47. The number of piperazine rings is 1. The fourth-order valence-electron chi connectivity index (χ4n) is 5.81. The molecule has 5 nitrogen and oxygen atoms in total. The number of fused-ring (bicyclic) bond motifs is 4. The Labute approximate surface area is 198 Å². The molecule has 0 radical (unpaired) electrons. The molecule has 0 aliphatic carbocycles. The van der Waals surface area contributed by atoms with Gasteiger partial charge in [0.25, 0.3) is 5.91 Å². The number of para-hydroxylation sites is 1. The van der Waals surface area contributed by atoms with Gasteiger partial charge in [-0.25, -0.2) is 4.39 Å². The molecule has 3 aliphatic rings. The van der Waals surface area contributed by atoms with E-state index in [1.54, 1.807) is 12.1 Å². The highest BCUT2D eigenvalue weighted by Crippen LogP contribution is 2.46. The monoisotopic (exact) mass is 455 g/mol. The van der Waals surface area contributed by atoms with Crippen LogP contribution in [0.25, 0.3) is 0 Å². The summed E-state index contributed by atoms with van der Waals surface area (Å²) in [6, 6.07) is 22.2. The van der Waals surface area contributed by atoms with E-state index in [2.05, 4.69) is 12.1 Å². The Balaban J connectivity index is 1.34. The number of benzene rings is 3. The topological polar surface area (TPSA) is 43.9 Å². The summed E-state index contributed by atoms with van der Waals surface area (Å²) in [4.78, 5) is 33.3. The van der Waals surface area contributed by atoms with Gasteiger partial charge in [0.2, 0.25) is 5.91 Å². The van der Waals surface area contributed by atoms with Crippen LogP contribution in [-0.2, 0) is 11.2 Å². The van der Waals surface area contributed by atoms with E-state index in [4.69, 9.17) is 0 Å². The lowest BCUT2D eigenvalue weighted by Crippen LogP contribution is -2.54. The van der Waals surface area contributed by atoms with Crippen LogP contribution in [0.15, 0.2) is 72.8 Å². The fraction of sp³-hybridized carbons (Fsp3) is 0.286. The molecule has 2 amide bonds. The highest BCUT2D eigenvalue weighted by molar-refractivity contribution is 6.01. The zero-order valence-electron chi connectivity index (χ0n) is 18.9. The molecule has 3 aromatic carbocycles. The number of nitrogens with zero attached hydrogens (tertiary/aromatic N) is 3. The van der Waals surface area contributed by atoms with Gasteiger partial charge in [0.15, 0.2) is 0 Å². The SMILES string of the molecule is O=C([C@@H]1c2ccccc2C(=O)N2CCc3ccccc3[C@@H]12)N1CCN(c2ccccc2F)CC1. The Morgan fingerprint density at radius 1 is 0.794 bits per heavy atom. The average Bonchev–Trinajstić information content (AvgIpc) is 2.89. The number of anilines is 1. The summed E-state index contributed by atoms with van der Waals surface area (Å²) in [7, 11) is 0. The number of rotatable bonds is 2. The lowest BCUT2D eigenvalue weighted by molar-refractivity contribution is -0.135. The van der Waals surface area contributed by atoms with Crippen LogP contribution in [0.1, 0.15) is 39.0 Å². The van der Waals surface area contributed by atoms with Crippen LogP contribution in [0.2, 0.25) is 0 Å². The van der Waals surface area contributed by atoms with Crippen LogP contribution in [0, 0.1) is 5.82 Å². The third-order valence-electron chi connectivity index (χ3n) is 7.48. The molecule has 34 heavy (non-hydrogen) atoms. The van der Waals surface area contributed by atoms with Crippen LogP contribution in [0.4, 0.5) is 10.1 Å². The van der Waals surface area contributed by atoms with Gasteiger partial charge in [0.1, 0.15) is 5.82 Å². The first-order valence-corrected chi connectivity index (χ1v) is 11.9. The average molecular weight is 456 g/mol. The first-order chi connectivity index (χ1) is 16.6. The van der Waals surface area contributed by atoms with Crippen LogP contribution >= 0.6 is 0 Å². The van der Waals surface area contributed by atoms with Crippen molar-refractivity contribution >= 4 is 17.5 Å². The summed E-state index contributed by atoms with van der Waals surface area (Å²) in [6.45, 7) is 2.80. The van der Waals surface area contributed by atoms with Crippen LogP contribution in [0.3, 0.4) is 0 Å². The molecule has 0 aromatic heterocycles. The maximum absolute atomic E-state index is 14.3. The van der Waals surface area contributed by atoms with Crippen molar-refractivity contribution in [1.29, 1.82) is 0 Å². The highest BCUT2D eigenvalue weighted by atomic mass is 19.1. The molecule has 0 spiro atoms. The summed E-state index contributed by atoms with van der Waals surface area (Å²) in [6.07, 6.45) is 0.794. The van der Waals surface area contributed by atoms with E-state index in [1.807, 2.05) is 57.2 Å². The molecule has 2 atom stereocenters. The second-order valence-corrected chi connectivity index (χ2v) is 9.22. The smallest absolute Gasteiger partial charge is 0.254 e. The standard InChI is InChI=1S/C28H26FN3O2/c29-23-11-5-6-12-24(23)30-15-17-31(18-16-30)28(34)25-21-9-3-4-10-22(21)27(33)32-14-13-19-7-1-2-8-20(19)26(25)32/h1-12,25-26H,13-18H2/t25-,26+/m1/s1. The van der Waals surface area contributed by atoms with Crippen molar-refractivity contribution in [3.63, 3.8) is 0 Å². The number of hydrogen-bond donors (Lipinski definition) is 0. The lowest BCUT2D eigenvalue weighted by atomic mass is 9.75. The van der Waals surface area contributed by atoms with Crippen molar-refractivity contribution in [1.82, 2.24) is 9.80 Å². The number of amides is 2. The van der Waals surface area contributed by atoms with Gasteiger partial charge < -0.3 is 14.7 Å². The second kappa shape index (κ2) is 8.28. The maximum atomic E-state index is 14.3. The molecule has 6 heteroatoms. The third-order valence-corrected chi connectivity index (χ3v) is 7.48. The van der Waals surface area contributed by atoms with E-state index < -0.39 is 5.92 Å². The predicted molar refractivity (Wildman–Crippen MR) is 128 cm³/mol. The van der Waals surface area contributed by atoms with Gasteiger partial charge in [-0.3, -0.25) is 9.59 Å². The predicted octanol–water partition coefficient (Wildman–Crippen LogP) is 4.01. The number of carbonyl (C=O) groups excluding carboxylic acids is 2. The Kier molecular flexibility index (Phi) is 5.09. The van der Waals surface area contributed by atoms with E-state index in [1.165, 1.54) is 11.6 Å². The Bertz CT molecular complexity index is 1270. The largest absolute Gasteiger partial charge is 0.366 e. The van der Waals surface area contributed by atoms with E-state index >= 15 is 0 Å². The quantitative estimate of drug-likeness (QED) is 0.587. The third kappa shape index (κ3) is 3.28. The van der Waals surface area contributed by atoms with Crippen molar-refractivity contribution in [2.24, 2.45) is 0 Å². The van der Waals surface area contributed by atoms with Crippen LogP contribution in [-0.4, -0.2) is 54.3 Å². The fourth-order valence-corrected chi connectivity index (χ4v) is 5.81. The molecule has 0 unspecified atom stereocenters. The molecule has 3 heterocycles. The number of halogens is 1. The molecule has 0 bridgehead atoms. The normalized spacial score (nSPS) is 21.6. The van der Waals surface area contributed by atoms with Crippen molar-refractivity contribution < 1.29 is 14.0 Å². The highest BCUT2D eigenvalue weighted by Gasteiger charge is 2.47. The Morgan fingerprint density at radius 2 is 1.47 bits per heavy atom. The van der Waals surface area contributed by atoms with Gasteiger partial charge in [-0.05, 0) is 41.3 Å². The molecule has 1 saturated heterocycles. The van der Waals surface area contributed by atoms with Gasteiger partial charge in [0.05, 0.1) is 17.6 Å². The first-order valence-electron chi connectivity index (χ1n) is 11.9. The molecule has 3 aromatic rings. The zero-order valence-corrected chi connectivity index (χ0v) is 18.9. The van der Waals surface area contributed by atoms with E-state index in [0.29, 0.717) is 44.0 Å². The van der Waals surface area contributed by atoms with Crippen LogP contribution < -0.4 is 4.90 Å². The minimum Gasteiger partial charge on any atom is -0.366 e. The molecule has 6 rings (SSSR count). The molecule has 0 N–H and O–H groups in total. The number of carbonyl (C=O) groups is 2. The van der Waals surface area contributed by atoms with Crippen molar-refractivity contribution in [3.05, 3.63) is 101 Å². The van der Waals surface area contributed by atoms with Crippen molar-refractivity contribution in [2.45, 2.75) is 18.4 Å². The van der Waals surface area contributed by atoms with Crippen LogP contribution in [0.5, 0.6) is 0 Å². The van der Waals surface area contributed by atoms with E-state index in [-0.39, 0.29) is 23.7 Å². The Hall–Kier alpha value is -3.67. The molecular weight excluding hydrogens is 429 g/mol. The van der Waals surface area contributed by atoms with Gasteiger partial charge in [-0.15, -0.1) is 0 Å². The van der Waals surface area contributed by atoms with E-state index in [9.17, 15) is 14.0 Å². The molecule has 172 valence electrons. The molecule has 1 fully saturated rings. The second-order valence-electron chi connectivity index (χ2n) is 9.22. The summed E-state index contributed by atoms with van der Waals surface area (Å²) < 4.78 is 14.3. The molecule has 3 aliphatic heterocycles. The van der Waals surface area contributed by atoms with Crippen molar-refractivity contribution in [2.75, 3.05) is 37.6 Å². The first kappa shape index (κ1) is 20.9. The molecule has 0 saturated carbocycles. The van der Waals surface area contributed by atoms with Gasteiger partial charge >= 0.3 is 0 Å². The van der Waals surface area contributed by atoms with Gasteiger partial charge in [-0.2, -0.15) is 0 Å². The molecular formula is C28H26FN3O2.